The van der Waals surface area contributed by atoms with Crippen LogP contribution >= 0.6 is 11.9 Å². The van der Waals surface area contributed by atoms with Gasteiger partial charge in [-0.15, -0.1) is 0 Å². The fourth-order valence-corrected chi connectivity index (χ4v) is 4.78. The van der Waals surface area contributed by atoms with Crippen molar-refractivity contribution in [2.24, 2.45) is 0 Å². The highest BCUT2D eigenvalue weighted by molar-refractivity contribution is 7.97. The summed E-state index contributed by atoms with van der Waals surface area (Å²) in [5, 5.41) is 22.6. The van der Waals surface area contributed by atoms with Gasteiger partial charge in [-0.25, -0.2) is 13.1 Å². The van der Waals surface area contributed by atoms with Gasteiger partial charge in [0.2, 0.25) is 0 Å². The van der Waals surface area contributed by atoms with Crippen LogP contribution in [0, 0.1) is 11.6 Å². The van der Waals surface area contributed by atoms with Gasteiger partial charge in [-0.1, -0.05) is 0 Å². The van der Waals surface area contributed by atoms with Crippen LogP contribution in [0.4, 0.5) is 22.0 Å². The topological polar surface area (TPSA) is 72.8 Å². The van der Waals surface area contributed by atoms with E-state index in [9.17, 15) is 31.9 Å². The van der Waals surface area contributed by atoms with Gasteiger partial charge in [-0.3, -0.25) is 4.79 Å². The maximum absolute atomic E-state index is 13.8. The molecule has 0 fully saturated rings. The van der Waals surface area contributed by atoms with Crippen LogP contribution in [0.25, 0.3) is 0 Å². The van der Waals surface area contributed by atoms with Crippen LogP contribution in [0.3, 0.4) is 0 Å². The molecule has 206 valence electrons. The third kappa shape index (κ3) is 11.4. The molecule has 0 saturated carbocycles. The zero-order chi connectivity index (χ0) is 27.8. The molecule has 5 nitrogen and oxygen atoms in total. The summed E-state index contributed by atoms with van der Waals surface area (Å²) in [5.74, 6) is -2.03. The Morgan fingerprint density at radius 2 is 1.81 bits per heavy atom. The van der Waals surface area contributed by atoms with E-state index in [1.54, 1.807) is 11.4 Å². The summed E-state index contributed by atoms with van der Waals surface area (Å²) in [7, 11) is 1.64. The van der Waals surface area contributed by atoms with E-state index in [1.165, 1.54) is 12.1 Å². The van der Waals surface area contributed by atoms with Gasteiger partial charge in [0.1, 0.15) is 11.6 Å². The number of carboxylic acids is 1. The van der Waals surface area contributed by atoms with Gasteiger partial charge in [0.15, 0.2) is 0 Å². The van der Waals surface area contributed by atoms with Gasteiger partial charge in [0, 0.05) is 29.9 Å². The van der Waals surface area contributed by atoms with Gasteiger partial charge >= 0.3 is 12.1 Å². The highest BCUT2D eigenvalue weighted by atomic mass is 32.2. The van der Waals surface area contributed by atoms with Gasteiger partial charge in [-0.2, -0.15) is 13.2 Å². The van der Waals surface area contributed by atoms with E-state index in [4.69, 9.17) is 5.11 Å². The van der Waals surface area contributed by atoms with Crippen LogP contribution in [0.2, 0.25) is 0 Å². The number of aliphatic hydroxyl groups is 1. The van der Waals surface area contributed by atoms with Crippen molar-refractivity contribution in [1.82, 2.24) is 9.62 Å². The molecule has 0 unspecified atom stereocenters. The average molecular weight is 549 g/mol. The summed E-state index contributed by atoms with van der Waals surface area (Å²) < 4.78 is 68.7. The van der Waals surface area contributed by atoms with E-state index in [0.717, 1.165) is 36.2 Å². The lowest BCUT2D eigenvalue weighted by Gasteiger charge is -2.29. The third-order valence-corrected chi connectivity index (χ3v) is 6.63. The zero-order valence-corrected chi connectivity index (χ0v) is 21.9. The Labute approximate surface area is 218 Å². The molecule has 2 aromatic rings. The first-order valence-corrected chi connectivity index (χ1v) is 12.6. The SMILES string of the molecule is CN(C[C@H](O)CNC(C)(C)CCCc1cc(F)ccc1F)Sc1cc(CCC(=O)O)cc(C(F)(F)F)c1. The van der Waals surface area contributed by atoms with E-state index < -0.39 is 41.0 Å². The molecule has 0 heterocycles. The van der Waals surface area contributed by atoms with Crippen LogP contribution < -0.4 is 5.32 Å². The minimum atomic E-state index is -4.57. The second kappa shape index (κ2) is 13.5. The van der Waals surface area contributed by atoms with Crippen molar-refractivity contribution in [2.75, 3.05) is 20.1 Å². The quantitative estimate of drug-likeness (QED) is 0.208. The van der Waals surface area contributed by atoms with Crippen molar-refractivity contribution in [3.05, 3.63) is 64.7 Å². The normalized spacial score (nSPS) is 13.2. The fraction of sp³-hybridized carbons (Fsp3) is 0.500. The lowest BCUT2D eigenvalue weighted by Crippen LogP contribution is -2.45. The number of halogens is 5. The van der Waals surface area contributed by atoms with E-state index >= 15 is 0 Å². The van der Waals surface area contributed by atoms with E-state index in [0.29, 0.717) is 29.7 Å². The number of aliphatic hydroxyl groups excluding tert-OH is 1. The molecular weight excluding hydrogens is 515 g/mol. The second-order valence-corrected chi connectivity index (χ2v) is 10.9. The molecule has 0 aliphatic carbocycles. The van der Waals surface area contributed by atoms with Gasteiger partial charge < -0.3 is 15.5 Å². The highest BCUT2D eigenvalue weighted by Gasteiger charge is 2.31. The number of likely N-dealkylation sites (N-methyl/N-ethyl adjacent to an activating group) is 1. The van der Waals surface area contributed by atoms with Crippen LogP contribution in [0.1, 0.15) is 49.8 Å². The third-order valence-electron chi connectivity index (χ3n) is 5.72. The summed E-state index contributed by atoms with van der Waals surface area (Å²) in [6.45, 7) is 4.24. The molecule has 37 heavy (non-hydrogen) atoms. The molecule has 0 bridgehead atoms. The molecule has 0 aliphatic rings. The Morgan fingerprint density at radius 1 is 1.11 bits per heavy atom. The number of nitrogens with one attached hydrogen (secondary N) is 1. The van der Waals surface area contributed by atoms with Crippen molar-refractivity contribution in [3.8, 4) is 0 Å². The Hall–Kier alpha value is -2.21. The van der Waals surface area contributed by atoms with Crippen molar-refractivity contribution >= 4 is 17.9 Å². The molecule has 3 N–H and O–H groups in total. The van der Waals surface area contributed by atoms with E-state index in [-0.39, 0.29) is 31.5 Å². The first-order chi connectivity index (χ1) is 17.1. The molecule has 0 aliphatic heterocycles. The van der Waals surface area contributed by atoms with Crippen molar-refractivity contribution in [3.63, 3.8) is 0 Å². The lowest BCUT2D eigenvalue weighted by molar-refractivity contribution is -0.138. The summed E-state index contributed by atoms with van der Waals surface area (Å²) in [5.41, 5.74) is -0.657. The summed E-state index contributed by atoms with van der Waals surface area (Å²) in [6.07, 6.45) is -4.07. The minimum Gasteiger partial charge on any atom is -0.481 e. The molecule has 0 spiro atoms. The lowest BCUT2D eigenvalue weighted by atomic mass is 9.95. The zero-order valence-electron chi connectivity index (χ0n) is 21.0. The molecule has 0 amide bonds. The summed E-state index contributed by atoms with van der Waals surface area (Å²) in [6, 6.07) is 6.85. The molecule has 0 saturated heterocycles. The largest absolute Gasteiger partial charge is 0.481 e. The number of alkyl halides is 3. The summed E-state index contributed by atoms with van der Waals surface area (Å²) in [4.78, 5) is 11.1. The first kappa shape index (κ1) is 31.0. The Bertz CT molecular complexity index is 1050. The fourth-order valence-electron chi connectivity index (χ4n) is 3.79. The molecule has 0 aromatic heterocycles. The Kier molecular flexibility index (Phi) is 11.4. The summed E-state index contributed by atoms with van der Waals surface area (Å²) >= 11 is 1.03. The molecule has 1 atom stereocenters. The second-order valence-electron chi connectivity index (χ2n) is 9.67. The number of aryl methyl sites for hydroxylation is 2. The van der Waals surface area contributed by atoms with Crippen LogP contribution in [0.15, 0.2) is 41.3 Å². The Morgan fingerprint density at radius 3 is 2.46 bits per heavy atom. The van der Waals surface area contributed by atoms with Crippen molar-refractivity contribution in [1.29, 1.82) is 0 Å². The number of nitrogens with zero attached hydrogens (tertiary/aromatic N) is 1. The number of hydrogen-bond donors (Lipinski definition) is 3. The number of carbonyl (C=O) groups is 1. The number of β-amino-alcohol motifs (C(OH)–C–C–N with tert-alkyl or cyclic N) is 1. The number of carboxylic acid groups (broad SMARTS) is 1. The maximum Gasteiger partial charge on any atom is 0.416 e. The highest BCUT2D eigenvalue weighted by Crippen LogP contribution is 2.34. The van der Waals surface area contributed by atoms with Crippen molar-refractivity contribution < 1.29 is 37.0 Å². The maximum atomic E-state index is 13.8. The van der Waals surface area contributed by atoms with E-state index in [2.05, 4.69) is 5.32 Å². The average Bonchev–Trinajstić information content (AvgIpc) is 2.78. The number of benzene rings is 2. The van der Waals surface area contributed by atoms with Crippen LogP contribution in [-0.2, 0) is 23.8 Å². The minimum absolute atomic E-state index is 0.0238. The monoisotopic (exact) mass is 548 g/mol. The van der Waals surface area contributed by atoms with Crippen LogP contribution in [0.5, 0.6) is 0 Å². The standard InChI is InChI=1S/C26H33F5N2O3S/c1-25(2,10-4-5-18-13-20(27)7-8-23(18)28)32-15-21(34)16-33(3)37-22-12-17(6-9-24(35)36)11-19(14-22)26(29,30)31/h7-8,11-14,21,32,34H,4-6,9-10,15-16H2,1-3H3,(H,35,36)/t21-/m1/s1. The van der Waals surface area contributed by atoms with Crippen molar-refractivity contribution in [2.45, 2.75) is 68.7 Å². The molecule has 2 rings (SSSR count). The van der Waals surface area contributed by atoms with Gasteiger partial charge in [0.05, 0.1) is 11.7 Å². The number of hydrogen-bond acceptors (Lipinski definition) is 5. The van der Waals surface area contributed by atoms with Gasteiger partial charge in [0.25, 0.3) is 0 Å². The number of aliphatic carboxylic acids is 1. The smallest absolute Gasteiger partial charge is 0.416 e. The van der Waals surface area contributed by atoms with E-state index in [1.807, 2.05) is 13.8 Å². The molecule has 11 heteroatoms. The predicted octanol–water partition coefficient (Wildman–Crippen LogP) is 5.69. The Balaban J connectivity index is 1.87. The molecule has 0 radical (unpaired) electrons. The predicted molar refractivity (Wildman–Crippen MR) is 133 cm³/mol. The van der Waals surface area contributed by atoms with Crippen LogP contribution in [-0.4, -0.2) is 52.3 Å². The van der Waals surface area contributed by atoms with Gasteiger partial charge in [-0.05, 0) is 106 Å². The molecule has 2 aromatic carbocycles. The molecular formula is C26H33F5N2O3S. The number of rotatable bonds is 14. The first-order valence-electron chi connectivity index (χ1n) is 11.8.